The van der Waals surface area contributed by atoms with Crippen LogP contribution in [0, 0.1) is 5.92 Å². The molecule has 13 heavy (non-hydrogen) atoms. The fourth-order valence-electron chi connectivity index (χ4n) is 1.92. The van der Waals surface area contributed by atoms with Crippen LogP contribution in [0.1, 0.15) is 24.0 Å². The van der Waals surface area contributed by atoms with Crippen molar-refractivity contribution in [3.05, 3.63) is 35.4 Å². The first kappa shape index (κ1) is 8.30. The van der Waals surface area contributed by atoms with Gasteiger partial charge >= 0.3 is 5.97 Å². The Morgan fingerprint density at radius 3 is 2.85 bits per heavy atom. The molecule has 0 bridgehead atoms. The average Bonchev–Trinajstić information content (AvgIpc) is 2.06. The SMILES string of the molecule is C[C@@H](C(=O)O)[C@H]1Cc2ccccc21. The monoisotopic (exact) mass is 176 g/mol. The highest BCUT2D eigenvalue weighted by Gasteiger charge is 2.33. The molecule has 0 amide bonds. The van der Waals surface area contributed by atoms with Gasteiger partial charge in [0.05, 0.1) is 5.92 Å². The van der Waals surface area contributed by atoms with E-state index in [0.717, 1.165) is 6.42 Å². The molecule has 0 spiro atoms. The van der Waals surface area contributed by atoms with Gasteiger partial charge in [0, 0.05) is 5.92 Å². The van der Waals surface area contributed by atoms with Crippen LogP contribution in [0.3, 0.4) is 0 Å². The zero-order valence-electron chi connectivity index (χ0n) is 7.53. The Bertz CT molecular complexity index is 344. The molecule has 1 aromatic carbocycles. The molecule has 0 unspecified atom stereocenters. The maximum Gasteiger partial charge on any atom is 0.306 e. The van der Waals surface area contributed by atoms with E-state index in [-0.39, 0.29) is 11.8 Å². The topological polar surface area (TPSA) is 37.3 Å². The van der Waals surface area contributed by atoms with Crippen molar-refractivity contribution >= 4 is 5.97 Å². The van der Waals surface area contributed by atoms with Gasteiger partial charge in [0.2, 0.25) is 0 Å². The quantitative estimate of drug-likeness (QED) is 0.748. The highest BCUT2D eigenvalue weighted by molar-refractivity contribution is 5.72. The van der Waals surface area contributed by atoms with Crippen LogP contribution in [-0.2, 0) is 11.2 Å². The number of rotatable bonds is 2. The lowest BCUT2D eigenvalue weighted by atomic mass is 9.71. The molecule has 0 aromatic heterocycles. The number of hydrogen-bond acceptors (Lipinski definition) is 1. The van der Waals surface area contributed by atoms with Crippen LogP contribution in [0.15, 0.2) is 24.3 Å². The molecule has 1 N–H and O–H groups in total. The molecular weight excluding hydrogens is 164 g/mol. The van der Waals surface area contributed by atoms with Gasteiger partial charge in [-0.3, -0.25) is 4.79 Å². The van der Waals surface area contributed by atoms with E-state index in [1.165, 1.54) is 11.1 Å². The second-order valence-corrected chi connectivity index (χ2v) is 3.64. The first-order valence-corrected chi connectivity index (χ1v) is 4.50. The normalized spacial score (nSPS) is 21.5. The molecule has 0 fully saturated rings. The van der Waals surface area contributed by atoms with Crippen LogP contribution in [0.2, 0.25) is 0 Å². The molecule has 1 aliphatic rings. The molecule has 2 heteroatoms. The summed E-state index contributed by atoms with van der Waals surface area (Å²) in [4.78, 5) is 10.7. The Morgan fingerprint density at radius 1 is 1.54 bits per heavy atom. The molecule has 0 saturated carbocycles. The van der Waals surface area contributed by atoms with Gasteiger partial charge in [-0.1, -0.05) is 31.2 Å². The number of aliphatic carboxylic acids is 1. The van der Waals surface area contributed by atoms with Crippen molar-refractivity contribution in [2.24, 2.45) is 5.92 Å². The average molecular weight is 176 g/mol. The first-order valence-electron chi connectivity index (χ1n) is 4.50. The highest BCUT2D eigenvalue weighted by atomic mass is 16.4. The van der Waals surface area contributed by atoms with Gasteiger partial charge in [-0.15, -0.1) is 0 Å². The van der Waals surface area contributed by atoms with Gasteiger partial charge in [-0.05, 0) is 17.5 Å². The Morgan fingerprint density at radius 2 is 2.23 bits per heavy atom. The predicted molar refractivity (Wildman–Crippen MR) is 49.7 cm³/mol. The fourth-order valence-corrected chi connectivity index (χ4v) is 1.92. The summed E-state index contributed by atoms with van der Waals surface area (Å²) in [7, 11) is 0. The minimum absolute atomic E-state index is 0.230. The van der Waals surface area contributed by atoms with Gasteiger partial charge in [-0.2, -0.15) is 0 Å². The summed E-state index contributed by atoms with van der Waals surface area (Å²) >= 11 is 0. The molecule has 1 aliphatic carbocycles. The van der Waals surface area contributed by atoms with E-state index in [4.69, 9.17) is 5.11 Å². The number of carboxylic acids is 1. The molecule has 0 aliphatic heterocycles. The second kappa shape index (κ2) is 2.87. The first-order chi connectivity index (χ1) is 6.20. The van der Waals surface area contributed by atoms with Gasteiger partial charge < -0.3 is 5.11 Å². The van der Waals surface area contributed by atoms with Crippen molar-refractivity contribution in [1.82, 2.24) is 0 Å². The largest absolute Gasteiger partial charge is 0.481 e. The minimum Gasteiger partial charge on any atom is -0.481 e. The summed E-state index contributed by atoms with van der Waals surface area (Å²) in [6.45, 7) is 1.78. The van der Waals surface area contributed by atoms with Gasteiger partial charge in [0.1, 0.15) is 0 Å². The van der Waals surface area contributed by atoms with Crippen molar-refractivity contribution in [1.29, 1.82) is 0 Å². The van der Waals surface area contributed by atoms with Crippen LogP contribution < -0.4 is 0 Å². The van der Waals surface area contributed by atoms with Crippen LogP contribution in [0.5, 0.6) is 0 Å². The van der Waals surface area contributed by atoms with Crippen LogP contribution in [-0.4, -0.2) is 11.1 Å². The summed E-state index contributed by atoms with van der Waals surface area (Å²) in [5.74, 6) is -0.719. The number of fused-ring (bicyclic) bond motifs is 1. The lowest BCUT2D eigenvalue weighted by Crippen LogP contribution is -2.28. The van der Waals surface area contributed by atoms with Crippen molar-refractivity contribution in [2.45, 2.75) is 19.3 Å². The molecule has 0 radical (unpaired) electrons. The number of carboxylic acid groups (broad SMARTS) is 1. The van der Waals surface area contributed by atoms with Crippen molar-refractivity contribution in [3.63, 3.8) is 0 Å². The number of hydrogen-bond donors (Lipinski definition) is 1. The Labute approximate surface area is 77.2 Å². The van der Waals surface area contributed by atoms with E-state index in [2.05, 4.69) is 6.07 Å². The molecule has 2 rings (SSSR count). The molecule has 0 saturated heterocycles. The maximum atomic E-state index is 10.7. The summed E-state index contributed by atoms with van der Waals surface area (Å²) in [6, 6.07) is 8.07. The Hall–Kier alpha value is -1.31. The third-order valence-electron chi connectivity index (χ3n) is 2.89. The lowest BCUT2D eigenvalue weighted by Gasteiger charge is -2.32. The summed E-state index contributed by atoms with van der Waals surface area (Å²) < 4.78 is 0. The number of benzene rings is 1. The molecule has 68 valence electrons. The summed E-state index contributed by atoms with van der Waals surface area (Å²) in [5.41, 5.74) is 2.53. The molecule has 2 nitrogen and oxygen atoms in total. The second-order valence-electron chi connectivity index (χ2n) is 3.64. The summed E-state index contributed by atoms with van der Waals surface area (Å²) in [5, 5.41) is 8.84. The number of carbonyl (C=O) groups is 1. The van der Waals surface area contributed by atoms with E-state index >= 15 is 0 Å². The van der Waals surface area contributed by atoms with Gasteiger partial charge in [-0.25, -0.2) is 0 Å². The van der Waals surface area contributed by atoms with Gasteiger partial charge in [0.25, 0.3) is 0 Å². The third kappa shape index (κ3) is 1.22. The standard InChI is InChI=1S/C11H12O2/c1-7(11(12)13)10-6-8-4-2-3-5-9(8)10/h2-5,7,10H,6H2,1H3,(H,12,13)/t7-,10-/m1/s1. The van der Waals surface area contributed by atoms with E-state index in [0.29, 0.717) is 0 Å². The Balaban J connectivity index is 2.22. The van der Waals surface area contributed by atoms with Crippen molar-refractivity contribution in [3.8, 4) is 0 Å². The molecule has 1 aromatic rings. The fraction of sp³-hybridized carbons (Fsp3) is 0.364. The summed E-state index contributed by atoms with van der Waals surface area (Å²) in [6.07, 6.45) is 0.920. The lowest BCUT2D eigenvalue weighted by molar-refractivity contribution is -0.142. The van der Waals surface area contributed by atoms with Gasteiger partial charge in [0.15, 0.2) is 0 Å². The molecule has 0 heterocycles. The maximum absolute atomic E-state index is 10.7. The third-order valence-corrected chi connectivity index (χ3v) is 2.89. The van der Waals surface area contributed by atoms with Crippen LogP contribution >= 0.6 is 0 Å². The Kier molecular flexibility index (Phi) is 1.83. The van der Waals surface area contributed by atoms with Crippen LogP contribution in [0.25, 0.3) is 0 Å². The van der Waals surface area contributed by atoms with E-state index < -0.39 is 5.97 Å². The molecule has 2 atom stereocenters. The highest BCUT2D eigenvalue weighted by Crippen LogP contribution is 2.39. The van der Waals surface area contributed by atoms with E-state index in [1.807, 2.05) is 18.2 Å². The predicted octanol–water partition coefficient (Wildman–Crippen LogP) is 2.05. The minimum atomic E-state index is -0.695. The van der Waals surface area contributed by atoms with Crippen molar-refractivity contribution < 1.29 is 9.90 Å². The van der Waals surface area contributed by atoms with E-state index in [9.17, 15) is 4.79 Å². The van der Waals surface area contributed by atoms with E-state index in [1.54, 1.807) is 6.92 Å². The zero-order valence-corrected chi connectivity index (χ0v) is 7.53. The van der Waals surface area contributed by atoms with Crippen LogP contribution in [0.4, 0.5) is 0 Å². The molecular formula is C11H12O2. The van der Waals surface area contributed by atoms with Crippen molar-refractivity contribution in [2.75, 3.05) is 0 Å². The smallest absolute Gasteiger partial charge is 0.306 e. The zero-order chi connectivity index (χ0) is 9.42.